The van der Waals surface area contributed by atoms with Crippen molar-refractivity contribution in [3.05, 3.63) is 64.1 Å². The van der Waals surface area contributed by atoms with Gasteiger partial charge in [-0.1, -0.05) is 36.4 Å². The molecule has 2 N–H and O–H groups in total. The fraction of sp³-hybridized carbons (Fsp3) is 0.235. The van der Waals surface area contributed by atoms with Crippen molar-refractivity contribution in [2.45, 2.75) is 19.6 Å². The Labute approximate surface area is 128 Å². The standard InChI is InChI=1S/C17H18N2OS/c1-12-17(21-11-19-12)10-18-9-16(20)15-7-6-13-4-2-3-5-14(13)8-15/h2-8,11,16,18,20H,9-10H2,1H3. The minimum atomic E-state index is -0.497. The first-order valence-electron chi connectivity index (χ1n) is 7.00. The van der Waals surface area contributed by atoms with Crippen molar-refractivity contribution in [3.8, 4) is 0 Å². The second kappa shape index (κ2) is 6.35. The smallest absolute Gasteiger partial charge is 0.0914 e. The van der Waals surface area contributed by atoms with Crippen LogP contribution in [0.5, 0.6) is 0 Å². The predicted molar refractivity (Wildman–Crippen MR) is 87.5 cm³/mol. The lowest BCUT2D eigenvalue weighted by Crippen LogP contribution is -2.21. The summed E-state index contributed by atoms with van der Waals surface area (Å²) in [5.74, 6) is 0. The maximum absolute atomic E-state index is 10.3. The van der Waals surface area contributed by atoms with E-state index in [0.717, 1.165) is 23.2 Å². The highest BCUT2D eigenvalue weighted by Gasteiger charge is 2.08. The zero-order valence-electron chi connectivity index (χ0n) is 11.9. The van der Waals surface area contributed by atoms with Gasteiger partial charge in [-0.3, -0.25) is 0 Å². The van der Waals surface area contributed by atoms with Crippen LogP contribution in [-0.2, 0) is 6.54 Å². The van der Waals surface area contributed by atoms with E-state index in [1.165, 1.54) is 10.3 Å². The number of aliphatic hydroxyl groups is 1. The van der Waals surface area contributed by atoms with Gasteiger partial charge in [-0.2, -0.15) is 0 Å². The SMILES string of the molecule is Cc1ncsc1CNCC(O)c1ccc2ccccc2c1. The van der Waals surface area contributed by atoms with Crippen LogP contribution in [0.25, 0.3) is 10.8 Å². The Balaban J connectivity index is 1.63. The molecular weight excluding hydrogens is 280 g/mol. The lowest BCUT2D eigenvalue weighted by atomic mass is 10.0. The number of aliphatic hydroxyl groups excluding tert-OH is 1. The van der Waals surface area contributed by atoms with E-state index in [2.05, 4.69) is 34.6 Å². The van der Waals surface area contributed by atoms with E-state index in [0.29, 0.717) is 6.54 Å². The van der Waals surface area contributed by atoms with Crippen molar-refractivity contribution in [1.29, 1.82) is 0 Å². The predicted octanol–water partition coefficient (Wildman–Crippen LogP) is 3.43. The molecule has 0 amide bonds. The number of thiazole rings is 1. The summed E-state index contributed by atoms with van der Waals surface area (Å²) in [6.07, 6.45) is -0.497. The molecule has 108 valence electrons. The monoisotopic (exact) mass is 298 g/mol. The Kier molecular flexibility index (Phi) is 4.29. The number of rotatable bonds is 5. The molecule has 1 unspecified atom stereocenters. The Morgan fingerprint density at radius 2 is 2.00 bits per heavy atom. The van der Waals surface area contributed by atoms with Crippen molar-refractivity contribution in [2.24, 2.45) is 0 Å². The molecule has 0 fully saturated rings. The molecule has 3 aromatic rings. The van der Waals surface area contributed by atoms with Crippen LogP contribution in [0.3, 0.4) is 0 Å². The third-order valence-corrected chi connectivity index (χ3v) is 4.56. The van der Waals surface area contributed by atoms with Gasteiger partial charge in [0.2, 0.25) is 0 Å². The first kappa shape index (κ1) is 14.2. The third-order valence-electron chi connectivity index (χ3n) is 3.63. The molecule has 0 aliphatic carbocycles. The summed E-state index contributed by atoms with van der Waals surface area (Å²) < 4.78 is 0. The lowest BCUT2D eigenvalue weighted by Gasteiger charge is -2.13. The minimum absolute atomic E-state index is 0.497. The molecule has 0 aliphatic rings. The summed E-state index contributed by atoms with van der Waals surface area (Å²) in [6.45, 7) is 3.30. The topological polar surface area (TPSA) is 45.2 Å². The largest absolute Gasteiger partial charge is 0.387 e. The molecule has 0 radical (unpaired) electrons. The Morgan fingerprint density at radius 1 is 1.19 bits per heavy atom. The van der Waals surface area contributed by atoms with Crippen molar-refractivity contribution in [2.75, 3.05) is 6.54 Å². The highest BCUT2D eigenvalue weighted by Crippen LogP contribution is 2.20. The Bertz CT molecular complexity index is 738. The number of nitrogens with one attached hydrogen (secondary N) is 1. The highest BCUT2D eigenvalue weighted by molar-refractivity contribution is 7.09. The average Bonchev–Trinajstić information content (AvgIpc) is 2.92. The molecule has 21 heavy (non-hydrogen) atoms. The first-order chi connectivity index (χ1) is 10.2. The number of benzene rings is 2. The number of aromatic nitrogens is 1. The molecule has 0 bridgehead atoms. The Hall–Kier alpha value is -1.75. The van der Waals surface area contributed by atoms with E-state index in [1.54, 1.807) is 11.3 Å². The van der Waals surface area contributed by atoms with Gasteiger partial charge in [0.25, 0.3) is 0 Å². The fourth-order valence-corrected chi connectivity index (χ4v) is 3.10. The van der Waals surface area contributed by atoms with Crippen LogP contribution >= 0.6 is 11.3 Å². The van der Waals surface area contributed by atoms with E-state index in [4.69, 9.17) is 0 Å². The molecule has 2 aromatic carbocycles. The molecule has 0 spiro atoms. The van der Waals surface area contributed by atoms with Crippen LogP contribution in [-0.4, -0.2) is 16.6 Å². The summed E-state index contributed by atoms with van der Waals surface area (Å²) in [6, 6.07) is 14.3. The van der Waals surface area contributed by atoms with Gasteiger partial charge in [-0.15, -0.1) is 11.3 Å². The zero-order chi connectivity index (χ0) is 14.7. The van der Waals surface area contributed by atoms with Crippen LogP contribution in [0.2, 0.25) is 0 Å². The summed E-state index contributed by atoms with van der Waals surface area (Å²) in [5.41, 5.74) is 3.86. The van der Waals surface area contributed by atoms with Gasteiger partial charge in [0.1, 0.15) is 0 Å². The van der Waals surface area contributed by atoms with Gasteiger partial charge in [0.15, 0.2) is 0 Å². The number of nitrogens with zero attached hydrogens (tertiary/aromatic N) is 1. The summed E-state index contributed by atoms with van der Waals surface area (Å²) in [5, 5.41) is 16.0. The number of hydrogen-bond donors (Lipinski definition) is 2. The average molecular weight is 298 g/mol. The van der Waals surface area contributed by atoms with Crippen LogP contribution in [0.4, 0.5) is 0 Å². The number of fused-ring (bicyclic) bond motifs is 1. The molecule has 0 saturated carbocycles. The lowest BCUT2D eigenvalue weighted by molar-refractivity contribution is 0.174. The van der Waals surface area contributed by atoms with Gasteiger partial charge in [-0.25, -0.2) is 4.98 Å². The minimum Gasteiger partial charge on any atom is -0.387 e. The third kappa shape index (κ3) is 3.29. The summed E-state index contributed by atoms with van der Waals surface area (Å²) in [7, 11) is 0. The molecule has 0 saturated heterocycles. The normalized spacial score (nSPS) is 12.7. The van der Waals surface area contributed by atoms with Crippen molar-refractivity contribution in [3.63, 3.8) is 0 Å². The van der Waals surface area contributed by atoms with E-state index in [-0.39, 0.29) is 0 Å². The zero-order valence-corrected chi connectivity index (χ0v) is 12.7. The molecule has 4 heteroatoms. The first-order valence-corrected chi connectivity index (χ1v) is 7.88. The Morgan fingerprint density at radius 3 is 2.76 bits per heavy atom. The quantitative estimate of drug-likeness (QED) is 0.758. The van der Waals surface area contributed by atoms with Crippen LogP contribution in [0.1, 0.15) is 22.2 Å². The molecule has 3 rings (SSSR count). The second-order valence-electron chi connectivity index (χ2n) is 5.11. The van der Waals surface area contributed by atoms with E-state index in [9.17, 15) is 5.11 Å². The number of aryl methyl sites for hydroxylation is 1. The maximum Gasteiger partial charge on any atom is 0.0914 e. The van der Waals surface area contributed by atoms with Gasteiger partial charge in [-0.05, 0) is 29.3 Å². The van der Waals surface area contributed by atoms with Crippen molar-refractivity contribution >= 4 is 22.1 Å². The van der Waals surface area contributed by atoms with E-state index < -0.39 is 6.10 Å². The van der Waals surface area contributed by atoms with Crippen LogP contribution in [0, 0.1) is 6.92 Å². The van der Waals surface area contributed by atoms with Gasteiger partial charge >= 0.3 is 0 Å². The van der Waals surface area contributed by atoms with Gasteiger partial charge in [0.05, 0.1) is 17.3 Å². The van der Waals surface area contributed by atoms with Crippen LogP contribution < -0.4 is 5.32 Å². The van der Waals surface area contributed by atoms with Gasteiger partial charge < -0.3 is 10.4 Å². The highest BCUT2D eigenvalue weighted by atomic mass is 32.1. The molecule has 1 atom stereocenters. The molecule has 3 nitrogen and oxygen atoms in total. The molecule has 0 aliphatic heterocycles. The second-order valence-corrected chi connectivity index (χ2v) is 6.05. The number of hydrogen-bond acceptors (Lipinski definition) is 4. The van der Waals surface area contributed by atoms with E-state index >= 15 is 0 Å². The van der Waals surface area contributed by atoms with E-state index in [1.807, 2.05) is 30.6 Å². The maximum atomic E-state index is 10.3. The van der Waals surface area contributed by atoms with Crippen molar-refractivity contribution < 1.29 is 5.11 Å². The molecule has 1 aromatic heterocycles. The molecule has 1 heterocycles. The van der Waals surface area contributed by atoms with Gasteiger partial charge in [0, 0.05) is 18.0 Å². The summed E-state index contributed by atoms with van der Waals surface area (Å²) in [4.78, 5) is 5.45. The fourth-order valence-electron chi connectivity index (χ4n) is 2.35. The van der Waals surface area contributed by atoms with Crippen LogP contribution in [0.15, 0.2) is 48.0 Å². The van der Waals surface area contributed by atoms with Crippen molar-refractivity contribution in [1.82, 2.24) is 10.3 Å². The summed E-state index contributed by atoms with van der Waals surface area (Å²) >= 11 is 1.64. The molecular formula is C17H18N2OS.